The zero-order chi connectivity index (χ0) is 27.8. The third kappa shape index (κ3) is 5.09. The van der Waals surface area contributed by atoms with Crippen molar-refractivity contribution in [3.63, 3.8) is 0 Å². The summed E-state index contributed by atoms with van der Waals surface area (Å²) in [7, 11) is 0. The van der Waals surface area contributed by atoms with E-state index in [2.05, 4.69) is 0 Å². The van der Waals surface area contributed by atoms with E-state index in [9.17, 15) is 33.4 Å². The second-order valence-corrected chi connectivity index (χ2v) is 14.4. The highest BCUT2D eigenvalue weighted by Gasteiger charge is 2.62. The Morgan fingerprint density at radius 1 is 0.795 bits per heavy atom. The van der Waals surface area contributed by atoms with Crippen LogP contribution in [0.4, 0.5) is 8.78 Å². The van der Waals surface area contributed by atoms with Gasteiger partial charge in [-0.1, -0.05) is 0 Å². The normalized spacial score (nSPS) is 44.2. The minimum Gasteiger partial charge on any atom is -0.465 e. The Morgan fingerprint density at radius 2 is 1.23 bits per heavy atom. The van der Waals surface area contributed by atoms with Gasteiger partial charge in [0.1, 0.15) is 12.7 Å². The average Bonchev–Trinajstić information content (AvgIpc) is 2.78. The maximum Gasteiger partial charge on any atom is 0.377 e. The minimum atomic E-state index is -3.73. The fourth-order valence-corrected chi connectivity index (χ4v) is 10.1. The van der Waals surface area contributed by atoms with Crippen molar-refractivity contribution in [2.75, 3.05) is 13.2 Å². The summed E-state index contributed by atoms with van der Waals surface area (Å²) in [5.41, 5.74) is -3.22. The third-order valence-corrected chi connectivity index (χ3v) is 10.6. The van der Waals surface area contributed by atoms with Gasteiger partial charge in [0.05, 0.1) is 28.6 Å². The van der Waals surface area contributed by atoms with Gasteiger partial charge >= 0.3 is 23.8 Å². The van der Waals surface area contributed by atoms with E-state index in [0.29, 0.717) is 83.0 Å². The van der Waals surface area contributed by atoms with E-state index in [0.717, 1.165) is 12.8 Å². The van der Waals surface area contributed by atoms with Crippen LogP contribution in [0.3, 0.4) is 0 Å². The highest BCUT2D eigenvalue weighted by atomic mass is 19.3. The molecule has 8 aliphatic rings. The fraction of sp³-hybridized carbons (Fsp3) is 0.897. The molecule has 0 saturated heterocycles. The lowest BCUT2D eigenvalue weighted by atomic mass is 9.48. The molecule has 8 aliphatic carbocycles. The number of carbonyl (C=O) groups is 3. The average molecular weight is 555 g/mol. The molecule has 8 nitrogen and oxygen atoms in total. The molecule has 0 spiro atoms. The Hall–Kier alpha value is -1.81. The second-order valence-electron chi connectivity index (χ2n) is 14.4. The van der Waals surface area contributed by atoms with Crippen LogP contribution >= 0.6 is 0 Å². The fourth-order valence-electron chi connectivity index (χ4n) is 10.1. The summed E-state index contributed by atoms with van der Waals surface area (Å²) in [5.74, 6) is -5.23. The van der Waals surface area contributed by atoms with Crippen LogP contribution in [0.25, 0.3) is 0 Å². The molecule has 2 N–H and O–H groups in total. The van der Waals surface area contributed by atoms with Gasteiger partial charge in [-0.05, 0) is 101 Å². The molecule has 5 unspecified atom stereocenters. The molecule has 0 aromatic carbocycles. The molecule has 8 fully saturated rings. The highest BCUT2D eigenvalue weighted by molar-refractivity contribution is 5.79. The summed E-state index contributed by atoms with van der Waals surface area (Å²) in [6.45, 7) is -0.177. The van der Waals surface area contributed by atoms with Gasteiger partial charge in [0.15, 0.2) is 0 Å². The van der Waals surface area contributed by atoms with Crippen LogP contribution in [0.1, 0.15) is 90.4 Å². The maximum absolute atomic E-state index is 13.6. The van der Waals surface area contributed by atoms with Crippen LogP contribution < -0.4 is 0 Å². The molecule has 8 saturated carbocycles. The largest absolute Gasteiger partial charge is 0.465 e. The molecule has 39 heavy (non-hydrogen) atoms. The van der Waals surface area contributed by atoms with Crippen LogP contribution in [-0.2, 0) is 28.6 Å². The first-order valence-electron chi connectivity index (χ1n) is 14.6. The van der Waals surface area contributed by atoms with Crippen molar-refractivity contribution < 1.29 is 47.6 Å². The van der Waals surface area contributed by atoms with Crippen molar-refractivity contribution in [3.05, 3.63) is 0 Å². The van der Waals surface area contributed by atoms with Gasteiger partial charge in [0, 0.05) is 13.3 Å². The highest BCUT2D eigenvalue weighted by Crippen LogP contribution is 2.63. The smallest absolute Gasteiger partial charge is 0.377 e. The predicted octanol–water partition coefficient (Wildman–Crippen LogP) is 3.69. The Bertz CT molecular complexity index is 1010. The molecule has 0 heterocycles. The van der Waals surface area contributed by atoms with Gasteiger partial charge in [-0.2, -0.15) is 8.78 Å². The van der Waals surface area contributed by atoms with Crippen LogP contribution in [0.2, 0.25) is 0 Å². The first-order valence-corrected chi connectivity index (χ1v) is 14.6. The van der Waals surface area contributed by atoms with E-state index >= 15 is 0 Å². The molecule has 218 valence electrons. The van der Waals surface area contributed by atoms with E-state index in [-0.39, 0.29) is 24.9 Å². The van der Waals surface area contributed by atoms with Crippen molar-refractivity contribution in [1.82, 2.24) is 0 Å². The zero-order valence-electron chi connectivity index (χ0n) is 22.6. The predicted molar refractivity (Wildman–Crippen MR) is 131 cm³/mol. The Kier molecular flexibility index (Phi) is 6.38. The first-order chi connectivity index (χ1) is 18.2. The van der Waals surface area contributed by atoms with Gasteiger partial charge in [-0.25, -0.2) is 4.79 Å². The van der Waals surface area contributed by atoms with E-state index in [1.807, 2.05) is 0 Å². The summed E-state index contributed by atoms with van der Waals surface area (Å²) in [6.07, 6.45) is 6.85. The van der Waals surface area contributed by atoms with Crippen LogP contribution in [0, 0.1) is 34.5 Å². The van der Waals surface area contributed by atoms with Gasteiger partial charge in [-0.15, -0.1) is 0 Å². The molecule has 8 rings (SSSR count). The second kappa shape index (κ2) is 9.10. The number of esters is 3. The molecule has 0 radical (unpaired) electrons. The number of carbonyl (C=O) groups excluding carboxylic acids is 3. The molecule has 8 bridgehead atoms. The van der Waals surface area contributed by atoms with Crippen molar-refractivity contribution >= 4 is 17.9 Å². The number of alkyl halides is 2. The van der Waals surface area contributed by atoms with Gasteiger partial charge in [0.25, 0.3) is 0 Å². The maximum atomic E-state index is 13.6. The van der Waals surface area contributed by atoms with Crippen molar-refractivity contribution in [3.8, 4) is 0 Å². The van der Waals surface area contributed by atoms with E-state index in [4.69, 9.17) is 14.2 Å². The summed E-state index contributed by atoms with van der Waals surface area (Å²) in [5, 5.41) is 21.9. The first kappa shape index (κ1) is 27.4. The molecule has 0 aromatic rings. The van der Waals surface area contributed by atoms with E-state index < -0.39 is 58.6 Å². The Morgan fingerprint density at radius 3 is 1.64 bits per heavy atom. The van der Waals surface area contributed by atoms with Gasteiger partial charge in [0.2, 0.25) is 0 Å². The van der Waals surface area contributed by atoms with Crippen molar-refractivity contribution in [2.45, 2.75) is 114 Å². The van der Waals surface area contributed by atoms with Gasteiger partial charge in [-0.3, -0.25) is 9.59 Å². The summed E-state index contributed by atoms with van der Waals surface area (Å²) in [6, 6.07) is 0. The lowest BCUT2D eigenvalue weighted by Crippen LogP contribution is -2.58. The monoisotopic (exact) mass is 554 g/mol. The lowest BCUT2D eigenvalue weighted by Gasteiger charge is -2.58. The molecule has 0 aliphatic heterocycles. The number of ether oxygens (including phenoxy) is 3. The molecule has 0 amide bonds. The zero-order valence-corrected chi connectivity index (χ0v) is 22.6. The minimum absolute atomic E-state index is 0.101. The van der Waals surface area contributed by atoms with Gasteiger partial charge < -0.3 is 24.4 Å². The van der Waals surface area contributed by atoms with E-state index in [1.54, 1.807) is 0 Å². The number of hydrogen-bond acceptors (Lipinski definition) is 8. The molecule has 0 aromatic heterocycles. The van der Waals surface area contributed by atoms with Crippen LogP contribution in [0.5, 0.6) is 0 Å². The molecule has 5 atom stereocenters. The summed E-state index contributed by atoms with van der Waals surface area (Å²) < 4.78 is 43.4. The number of hydrogen-bond donors (Lipinski definition) is 2. The van der Waals surface area contributed by atoms with E-state index in [1.165, 1.54) is 0 Å². The van der Waals surface area contributed by atoms with Crippen LogP contribution in [0.15, 0.2) is 0 Å². The standard InChI is InChI=1S/C29H40F2O8/c1-25(30,31)22(32)39-21(14-38-24(34)27-8-19-5-20(9-27)13-29(36,12-19)16-27)2-3-37-23(33)26-6-17-4-18(7-26)11-28(35,10-17)15-26/h17-21,35-36H,2-16H2,1H3. The third-order valence-electron chi connectivity index (χ3n) is 10.6. The Labute approximate surface area is 227 Å². The lowest BCUT2D eigenvalue weighted by molar-refractivity contribution is -0.202. The van der Waals surface area contributed by atoms with Crippen molar-refractivity contribution in [2.24, 2.45) is 34.5 Å². The summed E-state index contributed by atoms with van der Waals surface area (Å²) >= 11 is 0. The topological polar surface area (TPSA) is 119 Å². The quantitative estimate of drug-likeness (QED) is 0.327. The SMILES string of the molecule is CC(F)(F)C(=O)OC(CCOC(=O)C12CC3CC(CC(O)(C3)C1)C2)COC(=O)C12CC3CC(CC(O)(C3)C1)C2. The molecule has 10 heteroatoms. The molecular formula is C29H40F2O8. The van der Waals surface area contributed by atoms with Crippen LogP contribution in [-0.4, -0.2) is 64.6 Å². The number of aliphatic hydroxyl groups is 2. The Balaban J connectivity index is 1.07. The summed E-state index contributed by atoms with van der Waals surface area (Å²) in [4.78, 5) is 38.4. The molecular weight excluding hydrogens is 514 g/mol. The van der Waals surface area contributed by atoms with Crippen molar-refractivity contribution in [1.29, 1.82) is 0 Å². The number of halogens is 2. The number of rotatable bonds is 9.